The minimum atomic E-state index is -0.285. The van der Waals surface area contributed by atoms with Crippen LogP contribution in [-0.4, -0.2) is 11.7 Å². The van der Waals surface area contributed by atoms with Crippen molar-refractivity contribution in [3.8, 4) is 5.75 Å². The Hall–Kier alpha value is -1.02. The van der Waals surface area contributed by atoms with Crippen LogP contribution in [0.15, 0.2) is 12.1 Å². The van der Waals surface area contributed by atoms with Crippen molar-refractivity contribution in [1.82, 2.24) is 0 Å². The van der Waals surface area contributed by atoms with Crippen molar-refractivity contribution in [1.29, 1.82) is 0 Å². The van der Waals surface area contributed by atoms with Gasteiger partial charge in [0, 0.05) is 0 Å². The smallest absolute Gasteiger partial charge is 0.125 e. The highest BCUT2D eigenvalue weighted by molar-refractivity contribution is 5.44. The molecular formula is C15H22O2. The van der Waals surface area contributed by atoms with E-state index in [-0.39, 0.29) is 6.10 Å². The first-order valence-corrected chi connectivity index (χ1v) is 6.55. The molecular weight excluding hydrogens is 212 g/mol. The molecule has 1 fully saturated rings. The number of ether oxygens (including phenoxy) is 1. The number of aliphatic hydroxyl groups is 1. The summed E-state index contributed by atoms with van der Waals surface area (Å²) in [7, 11) is 0. The maximum Gasteiger partial charge on any atom is 0.125 e. The van der Waals surface area contributed by atoms with Crippen LogP contribution < -0.4 is 4.74 Å². The number of hydrogen-bond acceptors (Lipinski definition) is 2. The van der Waals surface area contributed by atoms with Gasteiger partial charge in [0.15, 0.2) is 0 Å². The molecule has 1 unspecified atom stereocenters. The minimum Gasteiger partial charge on any atom is -0.493 e. The van der Waals surface area contributed by atoms with Gasteiger partial charge in [-0.15, -0.1) is 0 Å². The van der Waals surface area contributed by atoms with E-state index in [2.05, 4.69) is 32.9 Å². The SMILES string of the molecule is CCCOc1c(C)cc(C(O)C2CC2)cc1C. The zero-order valence-electron chi connectivity index (χ0n) is 11.0. The molecule has 2 heteroatoms. The Morgan fingerprint density at radius 1 is 1.29 bits per heavy atom. The average Bonchev–Trinajstić information content (AvgIpc) is 3.10. The van der Waals surface area contributed by atoms with Gasteiger partial charge in [0.2, 0.25) is 0 Å². The van der Waals surface area contributed by atoms with Gasteiger partial charge in [-0.05, 0) is 67.9 Å². The van der Waals surface area contributed by atoms with Crippen LogP contribution in [0.1, 0.15) is 49.0 Å². The van der Waals surface area contributed by atoms with Gasteiger partial charge >= 0.3 is 0 Å². The van der Waals surface area contributed by atoms with Gasteiger partial charge in [0.05, 0.1) is 12.7 Å². The average molecular weight is 234 g/mol. The molecule has 0 aliphatic heterocycles. The molecule has 0 heterocycles. The number of rotatable bonds is 5. The van der Waals surface area contributed by atoms with Crippen LogP contribution in [0.25, 0.3) is 0 Å². The maximum atomic E-state index is 10.1. The standard InChI is InChI=1S/C15H22O2/c1-4-7-17-15-10(2)8-13(9-11(15)3)14(16)12-5-6-12/h8-9,12,14,16H,4-7H2,1-3H3. The molecule has 17 heavy (non-hydrogen) atoms. The highest BCUT2D eigenvalue weighted by atomic mass is 16.5. The van der Waals surface area contributed by atoms with Crippen molar-refractivity contribution in [2.24, 2.45) is 5.92 Å². The Bertz CT molecular complexity index is 371. The molecule has 1 saturated carbocycles. The van der Waals surface area contributed by atoms with Crippen LogP contribution in [0.4, 0.5) is 0 Å². The van der Waals surface area contributed by atoms with Crippen LogP contribution in [0, 0.1) is 19.8 Å². The Morgan fingerprint density at radius 2 is 1.88 bits per heavy atom. The fraction of sp³-hybridized carbons (Fsp3) is 0.600. The predicted molar refractivity (Wildman–Crippen MR) is 69.4 cm³/mol. The van der Waals surface area contributed by atoms with Gasteiger partial charge in [-0.1, -0.05) is 6.92 Å². The van der Waals surface area contributed by atoms with E-state index in [0.717, 1.165) is 48.3 Å². The number of aliphatic hydroxyl groups excluding tert-OH is 1. The van der Waals surface area contributed by atoms with E-state index in [9.17, 15) is 5.11 Å². The third-order valence-electron chi connectivity index (χ3n) is 3.34. The summed E-state index contributed by atoms with van der Waals surface area (Å²) in [6.45, 7) is 6.98. The van der Waals surface area contributed by atoms with Crippen LogP contribution in [0.5, 0.6) is 5.75 Å². The Morgan fingerprint density at radius 3 is 2.35 bits per heavy atom. The molecule has 1 atom stereocenters. The lowest BCUT2D eigenvalue weighted by molar-refractivity contribution is 0.153. The van der Waals surface area contributed by atoms with Crippen LogP contribution in [0.2, 0.25) is 0 Å². The summed E-state index contributed by atoms with van der Waals surface area (Å²) in [6, 6.07) is 4.14. The lowest BCUT2D eigenvalue weighted by Gasteiger charge is -2.16. The summed E-state index contributed by atoms with van der Waals surface area (Å²) in [5, 5.41) is 10.1. The van der Waals surface area contributed by atoms with E-state index in [1.807, 2.05) is 0 Å². The van der Waals surface area contributed by atoms with Gasteiger partial charge < -0.3 is 9.84 Å². The quantitative estimate of drug-likeness (QED) is 0.844. The van der Waals surface area contributed by atoms with E-state index in [0.29, 0.717) is 5.92 Å². The predicted octanol–water partition coefficient (Wildman–Crippen LogP) is 3.54. The lowest BCUT2D eigenvalue weighted by atomic mass is 9.99. The van der Waals surface area contributed by atoms with E-state index < -0.39 is 0 Å². The van der Waals surface area contributed by atoms with E-state index in [1.165, 1.54) is 0 Å². The first kappa shape index (κ1) is 12.4. The van der Waals surface area contributed by atoms with Crippen molar-refractivity contribution >= 4 is 0 Å². The van der Waals surface area contributed by atoms with E-state index in [4.69, 9.17) is 4.74 Å². The molecule has 2 nitrogen and oxygen atoms in total. The van der Waals surface area contributed by atoms with E-state index >= 15 is 0 Å². The second-order valence-electron chi connectivity index (χ2n) is 5.11. The van der Waals surface area contributed by atoms with Crippen LogP contribution in [-0.2, 0) is 0 Å². The van der Waals surface area contributed by atoms with Crippen LogP contribution in [0.3, 0.4) is 0 Å². The Kier molecular flexibility index (Phi) is 3.72. The molecule has 0 bridgehead atoms. The zero-order chi connectivity index (χ0) is 12.4. The molecule has 1 aliphatic carbocycles. The highest BCUT2D eigenvalue weighted by Gasteiger charge is 2.31. The van der Waals surface area contributed by atoms with Gasteiger partial charge in [0.1, 0.15) is 5.75 Å². The fourth-order valence-corrected chi connectivity index (χ4v) is 2.27. The highest BCUT2D eigenvalue weighted by Crippen LogP contribution is 2.42. The van der Waals surface area contributed by atoms with Crippen molar-refractivity contribution in [2.75, 3.05) is 6.61 Å². The normalized spacial score (nSPS) is 16.9. The second kappa shape index (κ2) is 5.09. The molecule has 1 aliphatic rings. The van der Waals surface area contributed by atoms with E-state index in [1.54, 1.807) is 0 Å². The molecule has 0 saturated heterocycles. The molecule has 1 N–H and O–H groups in total. The molecule has 0 amide bonds. The van der Waals surface area contributed by atoms with Gasteiger partial charge in [0.25, 0.3) is 0 Å². The zero-order valence-corrected chi connectivity index (χ0v) is 11.0. The molecule has 0 aromatic heterocycles. The molecule has 1 aromatic rings. The van der Waals surface area contributed by atoms with Crippen molar-refractivity contribution < 1.29 is 9.84 Å². The molecule has 2 rings (SSSR count). The molecule has 1 aromatic carbocycles. The van der Waals surface area contributed by atoms with Gasteiger partial charge in [-0.2, -0.15) is 0 Å². The van der Waals surface area contributed by atoms with Gasteiger partial charge in [-0.3, -0.25) is 0 Å². The first-order valence-electron chi connectivity index (χ1n) is 6.55. The summed E-state index contributed by atoms with van der Waals surface area (Å²) in [4.78, 5) is 0. The number of hydrogen-bond donors (Lipinski definition) is 1. The second-order valence-corrected chi connectivity index (χ2v) is 5.11. The monoisotopic (exact) mass is 234 g/mol. The summed E-state index contributed by atoms with van der Waals surface area (Å²) in [5.41, 5.74) is 3.31. The van der Waals surface area contributed by atoms with Crippen molar-refractivity contribution in [2.45, 2.75) is 46.1 Å². The maximum absolute atomic E-state index is 10.1. The lowest BCUT2D eigenvalue weighted by Crippen LogP contribution is -2.04. The van der Waals surface area contributed by atoms with Gasteiger partial charge in [-0.25, -0.2) is 0 Å². The molecule has 0 radical (unpaired) electrons. The molecule has 0 spiro atoms. The summed E-state index contributed by atoms with van der Waals surface area (Å²) >= 11 is 0. The van der Waals surface area contributed by atoms with Crippen molar-refractivity contribution in [3.05, 3.63) is 28.8 Å². The van der Waals surface area contributed by atoms with Crippen molar-refractivity contribution in [3.63, 3.8) is 0 Å². The van der Waals surface area contributed by atoms with Crippen LogP contribution >= 0.6 is 0 Å². The molecule has 94 valence electrons. The Labute approximate surface area is 104 Å². The summed E-state index contributed by atoms with van der Waals surface area (Å²) in [5.74, 6) is 1.47. The third kappa shape index (κ3) is 2.81. The number of benzene rings is 1. The number of aryl methyl sites for hydroxylation is 2. The summed E-state index contributed by atoms with van der Waals surface area (Å²) in [6.07, 6.45) is 3.05. The topological polar surface area (TPSA) is 29.5 Å². The fourth-order valence-electron chi connectivity index (χ4n) is 2.27. The largest absolute Gasteiger partial charge is 0.493 e. The minimum absolute atomic E-state index is 0.285. The Balaban J connectivity index is 2.20. The first-order chi connectivity index (χ1) is 8.13. The summed E-state index contributed by atoms with van der Waals surface area (Å²) < 4.78 is 5.75. The third-order valence-corrected chi connectivity index (χ3v) is 3.34.